The molecule has 0 spiro atoms. The van der Waals surface area contributed by atoms with E-state index in [-0.39, 0.29) is 12.4 Å². The van der Waals surface area contributed by atoms with Crippen LogP contribution in [0.2, 0.25) is 0 Å². The van der Waals surface area contributed by atoms with Crippen LogP contribution in [-0.2, 0) is 22.6 Å². The first kappa shape index (κ1) is 14.2. The molecule has 0 radical (unpaired) electrons. The molecule has 0 aliphatic rings. The topological polar surface area (TPSA) is 46.5 Å². The van der Waals surface area contributed by atoms with Gasteiger partial charge in [0.25, 0.3) is 0 Å². The number of rotatable bonds is 6. The Balaban J connectivity index is 1.96. The van der Waals surface area contributed by atoms with E-state index in [9.17, 15) is 14.3 Å². The molecule has 1 atom stereocenters. The number of carboxylic acids is 1. The molecule has 4 heteroatoms. The Morgan fingerprint density at radius 1 is 1.05 bits per heavy atom. The van der Waals surface area contributed by atoms with Gasteiger partial charge < -0.3 is 9.84 Å². The largest absolute Gasteiger partial charge is 0.479 e. The Kier molecular flexibility index (Phi) is 4.85. The first-order chi connectivity index (χ1) is 9.65. The lowest BCUT2D eigenvalue weighted by atomic mass is 10.1. The van der Waals surface area contributed by atoms with E-state index in [0.29, 0.717) is 6.42 Å². The number of ether oxygens (including phenoxy) is 1. The summed E-state index contributed by atoms with van der Waals surface area (Å²) < 4.78 is 18.2. The highest BCUT2D eigenvalue weighted by Gasteiger charge is 2.18. The van der Waals surface area contributed by atoms with Gasteiger partial charge in [-0.1, -0.05) is 42.5 Å². The van der Waals surface area contributed by atoms with Crippen LogP contribution in [0.1, 0.15) is 11.1 Å². The molecular weight excluding hydrogens is 259 g/mol. The standard InChI is InChI=1S/C16H15FO3/c17-14-8-6-13(7-9-14)11-20-15(16(18)19)10-12-4-2-1-3-5-12/h1-9,15H,10-11H2,(H,18,19). The second-order valence-electron chi connectivity index (χ2n) is 4.45. The van der Waals surface area contributed by atoms with E-state index in [0.717, 1.165) is 11.1 Å². The molecule has 20 heavy (non-hydrogen) atoms. The molecule has 0 aromatic heterocycles. The van der Waals surface area contributed by atoms with Gasteiger partial charge >= 0.3 is 5.97 Å². The van der Waals surface area contributed by atoms with Crippen LogP contribution >= 0.6 is 0 Å². The molecule has 0 saturated carbocycles. The van der Waals surface area contributed by atoms with Crippen molar-refractivity contribution in [1.29, 1.82) is 0 Å². The average Bonchev–Trinajstić information content (AvgIpc) is 2.46. The van der Waals surface area contributed by atoms with Crippen molar-refractivity contribution < 1.29 is 19.0 Å². The molecule has 0 aliphatic heterocycles. The zero-order valence-corrected chi connectivity index (χ0v) is 10.8. The number of carbonyl (C=O) groups is 1. The van der Waals surface area contributed by atoms with Crippen LogP contribution < -0.4 is 0 Å². The van der Waals surface area contributed by atoms with Gasteiger partial charge in [-0.2, -0.15) is 0 Å². The predicted octanol–water partition coefficient (Wildman–Crippen LogP) is 3.04. The Bertz CT molecular complexity index is 552. The molecule has 0 heterocycles. The van der Waals surface area contributed by atoms with Crippen molar-refractivity contribution in [3.8, 4) is 0 Å². The fourth-order valence-corrected chi connectivity index (χ4v) is 1.82. The van der Waals surface area contributed by atoms with Crippen molar-refractivity contribution in [1.82, 2.24) is 0 Å². The van der Waals surface area contributed by atoms with Crippen molar-refractivity contribution in [2.75, 3.05) is 0 Å². The van der Waals surface area contributed by atoms with Gasteiger partial charge in [0.2, 0.25) is 0 Å². The van der Waals surface area contributed by atoms with Gasteiger partial charge in [-0.05, 0) is 23.3 Å². The predicted molar refractivity (Wildman–Crippen MR) is 72.8 cm³/mol. The molecule has 2 rings (SSSR count). The quantitative estimate of drug-likeness (QED) is 0.880. The lowest BCUT2D eigenvalue weighted by molar-refractivity contribution is -0.151. The van der Waals surface area contributed by atoms with Gasteiger partial charge in [-0.25, -0.2) is 9.18 Å². The Labute approximate surface area is 116 Å². The summed E-state index contributed by atoms with van der Waals surface area (Å²) in [5.41, 5.74) is 1.64. The summed E-state index contributed by atoms with van der Waals surface area (Å²) in [6, 6.07) is 15.1. The van der Waals surface area contributed by atoms with Crippen molar-refractivity contribution in [2.24, 2.45) is 0 Å². The molecule has 104 valence electrons. The minimum absolute atomic E-state index is 0.143. The van der Waals surface area contributed by atoms with E-state index >= 15 is 0 Å². The van der Waals surface area contributed by atoms with Gasteiger partial charge in [0, 0.05) is 6.42 Å². The highest BCUT2D eigenvalue weighted by Crippen LogP contribution is 2.10. The fourth-order valence-electron chi connectivity index (χ4n) is 1.82. The first-order valence-electron chi connectivity index (χ1n) is 6.28. The van der Waals surface area contributed by atoms with E-state index in [1.807, 2.05) is 30.3 Å². The van der Waals surface area contributed by atoms with Crippen LogP contribution in [0.4, 0.5) is 4.39 Å². The highest BCUT2D eigenvalue weighted by molar-refractivity contribution is 5.72. The van der Waals surface area contributed by atoms with E-state index in [1.165, 1.54) is 12.1 Å². The third-order valence-electron chi connectivity index (χ3n) is 2.90. The minimum Gasteiger partial charge on any atom is -0.479 e. The number of halogens is 1. The summed E-state index contributed by atoms with van der Waals surface area (Å²) in [6.07, 6.45) is -0.611. The van der Waals surface area contributed by atoms with Crippen molar-refractivity contribution in [3.05, 3.63) is 71.5 Å². The van der Waals surface area contributed by atoms with Crippen LogP contribution in [0.5, 0.6) is 0 Å². The molecule has 1 N–H and O–H groups in total. The summed E-state index contributed by atoms with van der Waals surface area (Å²) in [4.78, 5) is 11.2. The summed E-state index contributed by atoms with van der Waals surface area (Å²) in [7, 11) is 0. The van der Waals surface area contributed by atoms with Gasteiger partial charge in [-0.3, -0.25) is 0 Å². The Morgan fingerprint density at radius 3 is 2.30 bits per heavy atom. The summed E-state index contributed by atoms with van der Waals surface area (Å²) in [6.45, 7) is 0.143. The third kappa shape index (κ3) is 4.17. The van der Waals surface area contributed by atoms with Crippen molar-refractivity contribution in [2.45, 2.75) is 19.1 Å². The first-order valence-corrected chi connectivity index (χ1v) is 6.28. The second-order valence-corrected chi connectivity index (χ2v) is 4.45. The molecular formula is C16H15FO3. The number of hydrogen-bond donors (Lipinski definition) is 1. The molecule has 0 aliphatic carbocycles. The maximum Gasteiger partial charge on any atom is 0.333 e. The molecule has 0 fully saturated rings. The monoisotopic (exact) mass is 274 g/mol. The maximum absolute atomic E-state index is 12.8. The Morgan fingerprint density at radius 2 is 1.70 bits per heavy atom. The zero-order chi connectivity index (χ0) is 14.4. The van der Waals surface area contributed by atoms with Crippen molar-refractivity contribution in [3.63, 3.8) is 0 Å². The lowest BCUT2D eigenvalue weighted by Gasteiger charge is -2.14. The maximum atomic E-state index is 12.8. The summed E-state index contributed by atoms with van der Waals surface area (Å²) >= 11 is 0. The average molecular weight is 274 g/mol. The molecule has 1 unspecified atom stereocenters. The van der Waals surface area contributed by atoms with Crippen LogP contribution in [0.15, 0.2) is 54.6 Å². The number of hydrogen-bond acceptors (Lipinski definition) is 2. The van der Waals surface area contributed by atoms with Crippen molar-refractivity contribution >= 4 is 5.97 Å². The molecule has 0 amide bonds. The van der Waals surface area contributed by atoms with Crippen LogP contribution in [0, 0.1) is 5.82 Å². The number of carboxylic acid groups (broad SMARTS) is 1. The van der Waals surface area contributed by atoms with Crippen LogP contribution in [-0.4, -0.2) is 17.2 Å². The van der Waals surface area contributed by atoms with E-state index in [2.05, 4.69) is 0 Å². The fraction of sp³-hybridized carbons (Fsp3) is 0.188. The summed E-state index contributed by atoms with van der Waals surface area (Å²) in [5.74, 6) is -1.33. The van der Waals surface area contributed by atoms with E-state index < -0.39 is 12.1 Å². The zero-order valence-electron chi connectivity index (χ0n) is 10.8. The summed E-state index contributed by atoms with van der Waals surface area (Å²) in [5, 5.41) is 9.17. The van der Waals surface area contributed by atoms with Gasteiger partial charge in [-0.15, -0.1) is 0 Å². The van der Waals surface area contributed by atoms with Crippen LogP contribution in [0.25, 0.3) is 0 Å². The smallest absolute Gasteiger partial charge is 0.333 e. The molecule has 0 saturated heterocycles. The highest BCUT2D eigenvalue weighted by atomic mass is 19.1. The number of aliphatic carboxylic acids is 1. The van der Waals surface area contributed by atoms with Gasteiger partial charge in [0.15, 0.2) is 6.10 Å². The van der Waals surface area contributed by atoms with E-state index in [4.69, 9.17) is 4.74 Å². The minimum atomic E-state index is -1.00. The SMILES string of the molecule is O=C(O)C(Cc1ccccc1)OCc1ccc(F)cc1. The molecule has 0 bridgehead atoms. The molecule has 2 aromatic rings. The lowest BCUT2D eigenvalue weighted by Crippen LogP contribution is -2.26. The van der Waals surface area contributed by atoms with E-state index in [1.54, 1.807) is 12.1 Å². The van der Waals surface area contributed by atoms with Gasteiger partial charge in [0.05, 0.1) is 6.61 Å². The van der Waals surface area contributed by atoms with Gasteiger partial charge in [0.1, 0.15) is 5.82 Å². The molecule has 3 nitrogen and oxygen atoms in total. The molecule has 2 aromatic carbocycles. The second kappa shape index (κ2) is 6.82. The Hall–Kier alpha value is -2.20. The van der Waals surface area contributed by atoms with Crippen LogP contribution in [0.3, 0.4) is 0 Å². The number of benzene rings is 2. The normalized spacial score (nSPS) is 12.1. The third-order valence-corrected chi connectivity index (χ3v) is 2.90.